The summed E-state index contributed by atoms with van der Waals surface area (Å²) in [4.78, 5) is 11.9. The maximum Gasteiger partial charge on any atom is 0.182 e. The molecule has 0 aliphatic heterocycles. The van der Waals surface area contributed by atoms with Crippen LogP contribution >= 0.6 is 0 Å². The first-order valence-electron chi connectivity index (χ1n) is 6.18. The van der Waals surface area contributed by atoms with Gasteiger partial charge < -0.3 is 0 Å². The summed E-state index contributed by atoms with van der Waals surface area (Å²) in [5, 5.41) is 0. The van der Waals surface area contributed by atoms with Gasteiger partial charge in [0.2, 0.25) is 0 Å². The minimum Gasteiger partial charge on any atom is -0.290 e. The SMILES string of the molecule is CC(C)(C)C1=C/C(=C\c2ccccc2)C=CC1=O. The zero-order chi connectivity index (χ0) is 13.2. The highest BCUT2D eigenvalue weighted by atomic mass is 16.1. The van der Waals surface area contributed by atoms with Crippen molar-refractivity contribution in [2.24, 2.45) is 5.41 Å². The van der Waals surface area contributed by atoms with Crippen LogP contribution in [0.4, 0.5) is 0 Å². The van der Waals surface area contributed by atoms with Crippen molar-refractivity contribution in [3.05, 3.63) is 65.3 Å². The second-order valence-corrected chi connectivity index (χ2v) is 5.56. The highest BCUT2D eigenvalue weighted by Gasteiger charge is 2.23. The van der Waals surface area contributed by atoms with Crippen molar-refractivity contribution in [1.29, 1.82) is 0 Å². The maximum absolute atomic E-state index is 11.9. The molecule has 0 heterocycles. The van der Waals surface area contributed by atoms with Crippen LogP contribution in [-0.4, -0.2) is 5.78 Å². The highest BCUT2D eigenvalue weighted by Crippen LogP contribution is 2.30. The molecule has 1 aliphatic carbocycles. The number of rotatable bonds is 1. The van der Waals surface area contributed by atoms with Crippen molar-refractivity contribution in [1.82, 2.24) is 0 Å². The topological polar surface area (TPSA) is 17.1 Å². The molecule has 18 heavy (non-hydrogen) atoms. The summed E-state index contributed by atoms with van der Waals surface area (Å²) in [5.41, 5.74) is 2.98. The first kappa shape index (κ1) is 12.6. The zero-order valence-electron chi connectivity index (χ0n) is 11.1. The van der Waals surface area contributed by atoms with Crippen molar-refractivity contribution in [3.8, 4) is 0 Å². The molecule has 92 valence electrons. The van der Waals surface area contributed by atoms with E-state index in [1.807, 2.05) is 30.4 Å². The summed E-state index contributed by atoms with van der Waals surface area (Å²) in [6.07, 6.45) is 7.63. The van der Waals surface area contributed by atoms with Gasteiger partial charge in [0, 0.05) is 5.57 Å². The van der Waals surface area contributed by atoms with Gasteiger partial charge in [-0.15, -0.1) is 0 Å². The van der Waals surface area contributed by atoms with Gasteiger partial charge in [0.25, 0.3) is 0 Å². The van der Waals surface area contributed by atoms with Crippen LogP contribution in [0.5, 0.6) is 0 Å². The lowest BCUT2D eigenvalue weighted by molar-refractivity contribution is -0.112. The van der Waals surface area contributed by atoms with E-state index < -0.39 is 0 Å². The quantitative estimate of drug-likeness (QED) is 0.717. The molecule has 0 aromatic heterocycles. The van der Waals surface area contributed by atoms with Gasteiger partial charge in [-0.25, -0.2) is 0 Å². The minimum absolute atomic E-state index is 0.113. The molecule has 0 spiro atoms. The fraction of sp³-hybridized carbons (Fsp3) is 0.235. The van der Waals surface area contributed by atoms with Gasteiger partial charge in [0.1, 0.15) is 0 Å². The van der Waals surface area contributed by atoms with Crippen LogP contribution in [0.2, 0.25) is 0 Å². The minimum atomic E-state index is -0.113. The molecule has 0 saturated carbocycles. The van der Waals surface area contributed by atoms with Crippen molar-refractivity contribution >= 4 is 11.9 Å². The first-order valence-corrected chi connectivity index (χ1v) is 6.18. The van der Waals surface area contributed by atoms with E-state index in [2.05, 4.69) is 39.0 Å². The number of benzene rings is 1. The van der Waals surface area contributed by atoms with E-state index in [4.69, 9.17) is 0 Å². The van der Waals surface area contributed by atoms with E-state index in [1.165, 1.54) is 0 Å². The Morgan fingerprint density at radius 1 is 1.00 bits per heavy atom. The number of ketones is 1. The fourth-order valence-corrected chi connectivity index (χ4v) is 1.97. The summed E-state index contributed by atoms with van der Waals surface area (Å²) < 4.78 is 0. The molecule has 0 saturated heterocycles. The Morgan fingerprint density at radius 3 is 2.28 bits per heavy atom. The van der Waals surface area contributed by atoms with Crippen LogP contribution in [-0.2, 0) is 4.79 Å². The van der Waals surface area contributed by atoms with Gasteiger partial charge in [0.05, 0.1) is 0 Å². The van der Waals surface area contributed by atoms with Crippen molar-refractivity contribution in [3.63, 3.8) is 0 Å². The average molecular weight is 238 g/mol. The molecule has 1 aliphatic rings. The van der Waals surface area contributed by atoms with E-state index in [0.29, 0.717) is 0 Å². The van der Waals surface area contributed by atoms with E-state index >= 15 is 0 Å². The van der Waals surface area contributed by atoms with E-state index in [1.54, 1.807) is 6.08 Å². The third kappa shape index (κ3) is 2.86. The predicted molar refractivity (Wildman–Crippen MR) is 76.1 cm³/mol. The monoisotopic (exact) mass is 238 g/mol. The van der Waals surface area contributed by atoms with E-state index in [9.17, 15) is 4.79 Å². The summed E-state index contributed by atoms with van der Waals surface area (Å²) in [6, 6.07) is 10.1. The van der Waals surface area contributed by atoms with Gasteiger partial charge in [-0.1, -0.05) is 57.2 Å². The van der Waals surface area contributed by atoms with Gasteiger partial charge in [-0.3, -0.25) is 4.79 Å². The fourth-order valence-electron chi connectivity index (χ4n) is 1.97. The van der Waals surface area contributed by atoms with Crippen LogP contribution < -0.4 is 0 Å². The lowest BCUT2D eigenvalue weighted by Crippen LogP contribution is -2.18. The second-order valence-electron chi connectivity index (χ2n) is 5.56. The van der Waals surface area contributed by atoms with Crippen LogP contribution in [0, 0.1) is 5.41 Å². The Kier molecular flexibility index (Phi) is 3.33. The largest absolute Gasteiger partial charge is 0.290 e. The first-order chi connectivity index (χ1) is 8.47. The zero-order valence-corrected chi connectivity index (χ0v) is 11.1. The molecule has 0 bridgehead atoms. The summed E-state index contributed by atoms with van der Waals surface area (Å²) in [6.45, 7) is 6.20. The molecule has 0 unspecified atom stereocenters. The average Bonchev–Trinajstić information content (AvgIpc) is 2.31. The van der Waals surface area contributed by atoms with Crippen LogP contribution in [0.15, 0.2) is 59.7 Å². The third-order valence-electron chi connectivity index (χ3n) is 2.94. The molecule has 1 aromatic carbocycles. The predicted octanol–water partition coefficient (Wildman–Crippen LogP) is 4.18. The van der Waals surface area contributed by atoms with Crippen LogP contribution in [0.25, 0.3) is 6.08 Å². The standard InChI is InChI=1S/C17H18O/c1-17(2,3)15-12-14(9-10-16(15)18)11-13-7-5-4-6-8-13/h4-12H,1-3H3/b14-11-. The Hall–Kier alpha value is -1.89. The molecular formula is C17H18O. The lowest BCUT2D eigenvalue weighted by atomic mass is 9.80. The summed E-state index contributed by atoms with van der Waals surface area (Å²) in [7, 11) is 0. The number of allylic oxidation sites excluding steroid dienone is 5. The van der Waals surface area contributed by atoms with Crippen molar-refractivity contribution < 1.29 is 4.79 Å². The van der Waals surface area contributed by atoms with Crippen LogP contribution in [0.1, 0.15) is 26.3 Å². The Labute approximate surface area is 109 Å². The second kappa shape index (κ2) is 4.77. The molecule has 0 N–H and O–H groups in total. The smallest absolute Gasteiger partial charge is 0.182 e. The molecule has 1 heteroatoms. The van der Waals surface area contributed by atoms with E-state index in [0.717, 1.165) is 16.7 Å². The lowest BCUT2D eigenvalue weighted by Gasteiger charge is -2.23. The number of hydrogen-bond acceptors (Lipinski definition) is 1. The Balaban J connectivity index is 2.37. The number of hydrogen-bond donors (Lipinski definition) is 0. The molecule has 0 atom stereocenters. The molecule has 0 fully saturated rings. The molecule has 0 radical (unpaired) electrons. The Bertz CT molecular complexity index is 537. The Morgan fingerprint density at radius 2 is 1.67 bits per heavy atom. The molecule has 0 amide bonds. The van der Waals surface area contributed by atoms with Gasteiger partial charge >= 0.3 is 0 Å². The number of carbonyl (C=O) groups is 1. The molecule has 1 aromatic rings. The van der Waals surface area contributed by atoms with Crippen molar-refractivity contribution in [2.45, 2.75) is 20.8 Å². The van der Waals surface area contributed by atoms with Gasteiger partial charge in [-0.2, -0.15) is 0 Å². The normalized spacial score (nSPS) is 18.1. The maximum atomic E-state index is 11.9. The van der Waals surface area contributed by atoms with E-state index in [-0.39, 0.29) is 11.2 Å². The molecule has 2 rings (SSSR count). The summed E-state index contributed by atoms with van der Waals surface area (Å²) >= 11 is 0. The molecule has 1 nitrogen and oxygen atoms in total. The summed E-state index contributed by atoms with van der Waals surface area (Å²) in [5.74, 6) is 0.118. The third-order valence-corrected chi connectivity index (χ3v) is 2.94. The van der Waals surface area contributed by atoms with Gasteiger partial charge in [-0.05, 0) is 34.8 Å². The van der Waals surface area contributed by atoms with Crippen molar-refractivity contribution in [2.75, 3.05) is 0 Å². The molecular weight excluding hydrogens is 220 g/mol. The highest BCUT2D eigenvalue weighted by molar-refractivity contribution is 6.07. The van der Waals surface area contributed by atoms with Gasteiger partial charge in [0.15, 0.2) is 5.78 Å². The number of carbonyl (C=O) groups excluding carboxylic acids is 1. The van der Waals surface area contributed by atoms with Crippen LogP contribution in [0.3, 0.4) is 0 Å².